The Bertz CT molecular complexity index is 593. The largest absolute Gasteiger partial charge is 0.192 e. The van der Waals surface area contributed by atoms with E-state index in [-0.39, 0.29) is 0 Å². The topological polar surface area (TPSA) is 23.8 Å². The molecule has 2 rings (SSSR count). The van der Waals surface area contributed by atoms with Crippen molar-refractivity contribution in [2.45, 2.75) is 0 Å². The number of allylic oxidation sites excluding steroid dienone is 1. The quantitative estimate of drug-likeness (QED) is 0.707. The number of halogens is 2. The average Bonchev–Trinajstić information content (AvgIpc) is 2.78. The van der Waals surface area contributed by atoms with E-state index in [2.05, 4.69) is 6.07 Å². The van der Waals surface area contributed by atoms with Gasteiger partial charge in [0, 0.05) is 4.88 Å². The molecule has 0 saturated carbocycles. The highest BCUT2D eigenvalue weighted by Crippen LogP contribution is 2.35. The third-order valence-electron chi connectivity index (χ3n) is 2.18. The van der Waals surface area contributed by atoms with E-state index in [1.807, 2.05) is 36.4 Å². The van der Waals surface area contributed by atoms with Crippen molar-refractivity contribution in [1.82, 2.24) is 0 Å². The SMILES string of the molecule is N#C/C(=C(/Cl)c1ccc(Cl)s1)c1ccccc1. The first-order chi connectivity index (χ1) is 8.22. The van der Waals surface area contributed by atoms with Gasteiger partial charge in [0.05, 0.1) is 14.9 Å². The van der Waals surface area contributed by atoms with Gasteiger partial charge in [0.2, 0.25) is 0 Å². The first-order valence-corrected chi connectivity index (χ1v) is 6.40. The van der Waals surface area contributed by atoms with Crippen LogP contribution in [0.15, 0.2) is 42.5 Å². The molecule has 0 atom stereocenters. The lowest BCUT2D eigenvalue weighted by Gasteiger charge is -2.01. The van der Waals surface area contributed by atoms with Crippen molar-refractivity contribution >= 4 is 45.1 Å². The van der Waals surface area contributed by atoms with Gasteiger partial charge in [0.25, 0.3) is 0 Å². The maximum absolute atomic E-state index is 9.20. The second-order valence-corrected chi connectivity index (χ2v) is 5.36. The summed E-state index contributed by atoms with van der Waals surface area (Å²) in [5.74, 6) is 0. The highest BCUT2D eigenvalue weighted by Gasteiger charge is 2.10. The molecule has 0 N–H and O–H groups in total. The third-order valence-corrected chi connectivity index (χ3v) is 3.94. The Morgan fingerprint density at radius 2 is 1.82 bits per heavy atom. The summed E-state index contributed by atoms with van der Waals surface area (Å²) >= 11 is 13.4. The van der Waals surface area contributed by atoms with Crippen LogP contribution in [0.3, 0.4) is 0 Å². The Morgan fingerprint density at radius 1 is 1.12 bits per heavy atom. The lowest BCUT2D eigenvalue weighted by Crippen LogP contribution is -1.83. The fourth-order valence-corrected chi connectivity index (χ4v) is 2.72. The molecule has 4 heteroatoms. The Morgan fingerprint density at radius 3 is 2.35 bits per heavy atom. The Hall–Kier alpha value is -1.27. The maximum atomic E-state index is 9.20. The molecular weight excluding hydrogens is 273 g/mol. The minimum atomic E-state index is 0.440. The third kappa shape index (κ3) is 2.70. The molecule has 0 aliphatic heterocycles. The first-order valence-electron chi connectivity index (χ1n) is 4.83. The van der Waals surface area contributed by atoms with E-state index in [9.17, 15) is 5.26 Å². The van der Waals surface area contributed by atoms with Crippen LogP contribution in [0.2, 0.25) is 4.34 Å². The minimum absolute atomic E-state index is 0.440. The first kappa shape index (κ1) is 12.2. The van der Waals surface area contributed by atoms with Gasteiger partial charge >= 0.3 is 0 Å². The number of hydrogen-bond acceptors (Lipinski definition) is 2. The standard InChI is InChI=1S/C13H7Cl2NS/c14-12-7-6-11(17-12)13(15)10(8-16)9-4-2-1-3-5-9/h1-7H/b13-10-. The van der Waals surface area contributed by atoms with Crippen LogP contribution < -0.4 is 0 Å². The number of hydrogen-bond donors (Lipinski definition) is 0. The van der Waals surface area contributed by atoms with Gasteiger partial charge in [-0.05, 0) is 17.7 Å². The molecule has 0 aliphatic rings. The minimum Gasteiger partial charge on any atom is -0.192 e. The normalized spacial score (nSPS) is 11.8. The molecule has 1 aromatic heterocycles. The molecular formula is C13H7Cl2NS. The summed E-state index contributed by atoms with van der Waals surface area (Å²) in [5.41, 5.74) is 1.27. The summed E-state index contributed by atoms with van der Waals surface area (Å²) in [6.07, 6.45) is 0. The molecule has 0 bridgehead atoms. The molecule has 0 spiro atoms. The Labute approximate surface area is 114 Å². The lowest BCUT2D eigenvalue weighted by atomic mass is 10.1. The van der Waals surface area contributed by atoms with Crippen LogP contribution in [0.5, 0.6) is 0 Å². The second kappa shape index (κ2) is 5.37. The van der Waals surface area contributed by atoms with Crippen molar-refractivity contribution < 1.29 is 0 Å². The van der Waals surface area contributed by atoms with Crippen LogP contribution in [-0.2, 0) is 0 Å². The number of nitrogens with zero attached hydrogens (tertiary/aromatic N) is 1. The summed E-state index contributed by atoms with van der Waals surface area (Å²) in [6, 6.07) is 15.1. The molecule has 0 fully saturated rings. The Kier molecular flexibility index (Phi) is 3.86. The zero-order valence-corrected chi connectivity index (χ0v) is 11.0. The van der Waals surface area contributed by atoms with Gasteiger partial charge < -0.3 is 0 Å². The van der Waals surface area contributed by atoms with Crippen LogP contribution in [0.25, 0.3) is 10.6 Å². The van der Waals surface area contributed by atoms with E-state index in [0.29, 0.717) is 14.9 Å². The summed E-state index contributed by atoms with van der Waals surface area (Å²) in [5, 5.41) is 9.64. The summed E-state index contributed by atoms with van der Waals surface area (Å²) in [7, 11) is 0. The maximum Gasteiger partial charge on any atom is 0.101 e. The molecule has 1 heterocycles. The number of rotatable bonds is 2. The molecule has 1 aromatic carbocycles. The fraction of sp³-hybridized carbons (Fsp3) is 0. The highest BCUT2D eigenvalue weighted by atomic mass is 35.5. The predicted molar refractivity (Wildman–Crippen MR) is 74.1 cm³/mol. The molecule has 0 unspecified atom stereocenters. The molecule has 17 heavy (non-hydrogen) atoms. The molecule has 84 valence electrons. The summed E-state index contributed by atoms with van der Waals surface area (Å²) in [4.78, 5) is 0.803. The lowest BCUT2D eigenvalue weighted by molar-refractivity contribution is 1.52. The summed E-state index contributed by atoms with van der Waals surface area (Å²) < 4.78 is 0.656. The van der Waals surface area contributed by atoms with Crippen molar-refractivity contribution in [3.63, 3.8) is 0 Å². The van der Waals surface area contributed by atoms with Gasteiger partial charge in [-0.3, -0.25) is 0 Å². The van der Waals surface area contributed by atoms with E-state index in [4.69, 9.17) is 23.2 Å². The van der Waals surface area contributed by atoms with Gasteiger partial charge in [0.15, 0.2) is 0 Å². The van der Waals surface area contributed by atoms with E-state index < -0.39 is 0 Å². The number of benzene rings is 1. The van der Waals surface area contributed by atoms with E-state index >= 15 is 0 Å². The van der Waals surface area contributed by atoms with E-state index in [0.717, 1.165) is 10.4 Å². The van der Waals surface area contributed by atoms with Crippen molar-refractivity contribution in [3.8, 4) is 6.07 Å². The van der Waals surface area contributed by atoms with E-state index in [1.54, 1.807) is 6.07 Å². The molecule has 0 aliphatic carbocycles. The van der Waals surface area contributed by atoms with Crippen molar-refractivity contribution in [3.05, 3.63) is 57.2 Å². The van der Waals surface area contributed by atoms with Gasteiger partial charge in [0.1, 0.15) is 6.07 Å². The van der Waals surface area contributed by atoms with Gasteiger partial charge in [-0.15, -0.1) is 11.3 Å². The van der Waals surface area contributed by atoms with Gasteiger partial charge in [-0.25, -0.2) is 0 Å². The predicted octanol–water partition coefficient (Wildman–Crippen LogP) is 5.03. The zero-order chi connectivity index (χ0) is 12.3. The number of nitriles is 1. The van der Waals surface area contributed by atoms with E-state index in [1.165, 1.54) is 11.3 Å². The van der Waals surface area contributed by atoms with Crippen LogP contribution in [0, 0.1) is 11.3 Å². The van der Waals surface area contributed by atoms with Crippen molar-refractivity contribution in [2.75, 3.05) is 0 Å². The van der Waals surface area contributed by atoms with Crippen molar-refractivity contribution in [2.24, 2.45) is 0 Å². The second-order valence-electron chi connectivity index (χ2n) is 3.27. The monoisotopic (exact) mass is 279 g/mol. The van der Waals surface area contributed by atoms with Crippen LogP contribution in [0.1, 0.15) is 10.4 Å². The highest BCUT2D eigenvalue weighted by molar-refractivity contribution is 7.18. The van der Waals surface area contributed by atoms with Gasteiger partial charge in [-0.1, -0.05) is 53.5 Å². The average molecular weight is 280 g/mol. The zero-order valence-electron chi connectivity index (χ0n) is 8.65. The Balaban J connectivity index is 2.52. The molecule has 0 radical (unpaired) electrons. The fourth-order valence-electron chi connectivity index (χ4n) is 1.40. The van der Waals surface area contributed by atoms with Crippen LogP contribution >= 0.6 is 34.5 Å². The summed E-state index contributed by atoms with van der Waals surface area (Å²) in [6.45, 7) is 0. The van der Waals surface area contributed by atoms with Crippen LogP contribution in [0.4, 0.5) is 0 Å². The number of thiophene rings is 1. The van der Waals surface area contributed by atoms with Crippen molar-refractivity contribution in [1.29, 1.82) is 5.26 Å². The van der Waals surface area contributed by atoms with Gasteiger partial charge in [-0.2, -0.15) is 5.26 Å². The smallest absolute Gasteiger partial charge is 0.101 e. The molecule has 2 aromatic rings. The molecule has 1 nitrogen and oxygen atoms in total. The molecule has 0 amide bonds. The molecule has 0 saturated heterocycles. The van der Waals surface area contributed by atoms with Crippen LogP contribution in [-0.4, -0.2) is 0 Å².